The van der Waals surface area contributed by atoms with Crippen molar-refractivity contribution in [2.45, 2.75) is 32.4 Å². The number of carbonyl (C=O) groups is 3. The summed E-state index contributed by atoms with van der Waals surface area (Å²) in [5, 5.41) is 26.5. The Kier molecular flexibility index (Phi) is 10.0. The van der Waals surface area contributed by atoms with Gasteiger partial charge in [0, 0.05) is 22.4 Å². The summed E-state index contributed by atoms with van der Waals surface area (Å²) in [6.45, 7) is 4.41. The van der Waals surface area contributed by atoms with Crippen molar-refractivity contribution in [1.29, 1.82) is 0 Å². The molecule has 0 radical (unpaired) electrons. The molecule has 0 fully saturated rings. The predicted octanol–water partition coefficient (Wildman–Crippen LogP) is 1.01. The van der Waals surface area contributed by atoms with Crippen LogP contribution in [0.15, 0.2) is 48.5 Å². The van der Waals surface area contributed by atoms with E-state index in [9.17, 15) is 19.5 Å². The number of aliphatic hydroxyl groups is 1. The maximum atomic E-state index is 12.3. The minimum absolute atomic E-state index is 0.108. The van der Waals surface area contributed by atoms with Gasteiger partial charge in [-0.05, 0) is 68.4 Å². The molecule has 0 aliphatic rings. The van der Waals surface area contributed by atoms with Crippen molar-refractivity contribution in [2.75, 3.05) is 18.4 Å². The number of benzene rings is 2. The maximum Gasteiger partial charge on any atom is 0.268 e. The van der Waals surface area contributed by atoms with E-state index in [1.807, 2.05) is 6.92 Å². The summed E-state index contributed by atoms with van der Waals surface area (Å²) >= 11 is 0. The van der Waals surface area contributed by atoms with Gasteiger partial charge in [0.05, 0.1) is 12.6 Å². The standard InChI is InChI=1S/C24H28N4O5/c1-3-14-25-15-21(30)26-20-12-8-18(9-13-20)5-4-17-6-10-19(11-7-17)23(31)27-22(16(2)29)24(32)28-33/h6-13,16,22,25,29,33H,3,14-15H2,1-2H3,(H,26,30)(H,27,31)(H,28,32). The number of nitrogens with one attached hydrogen (secondary N) is 4. The molecule has 3 amide bonds. The molecule has 9 heteroatoms. The molecule has 2 atom stereocenters. The topological polar surface area (TPSA) is 140 Å². The number of anilines is 1. The van der Waals surface area contributed by atoms with E-state index in [0.29, 0.717) is 11.3 Å². The zero-order valence-electron chi connectivity index (χ0n) is 18.5. The maximum absolute atomic E-state index is 12.3. The molecule has 9 nitrogen and oxygen atoms in total. The van der Waals surface area contributed by atoms with Crippen molar-refractivity contribution < 1.29 is 24.7 Å². The first-order valence-electron chi connectivity index (χ1n) is 10.5. The number of aliphatic hydroxyl groups excluding tert-OH is 1. The Bertz CT molecular complexity index is 1010. The largest absolute Gasteiger partial charge is 0.391 e. The summed E-state index contributed by atoms with van der Waals surface area (Å²) in [4.78, 5) is 35.7. The highest BCUT2D eigenvalue weighted by atomic mass is 16.5. The van der Waals surface area contributed by atoms with Gasteiger partial charge in [-0.3, -0.25) is 19.6 Å². The molecule has 33 heavy (non-hydrogen) atoms. The first-order valence-corrected chi connectivity index (χ1v) is 10.5. The van der Waals surface area contributed by atoms with Gasteiger partial charge in [-0.25, -0.2) is 5.48 Å². The van der Waals surface area contributed by atoms with Crippen molar-refractivity contribution in [2.24, 2.45) is 0 Å². The Morgan fingerprint density at radius 1 is 0.970 bits per heavy atom. The number of hydrogen-bond donors (Lipinski definition) is 6. The second kappa shape index (κ2) is 13.0. The van der Waals surface area contributed by atoms with Crippen molar-refractivity contribution in [3.05, 3.63) is 65.2 Å². The van der Waals surface area contributed by atoms with Gasteiger partial charge in [0.15, 0.2) is 0 Å². The second-order valence-corrected chi connectivity index (χ2v) is 7.30. The highest BCUT2D eigenvalue weighted by molar-refractivity contribution is 5.97. The van der Waals surface area contributed by atoms with Gasteiger partial charge < -0.3 is 21.1 Å². The van der Waals surface area contributed by atoms with Crippen LogP contribution >= 0.6 is 0 Å². The van der Waals surface area contributed by atoms with Crippen LogP contribution in [0.25, 0.3) is 0 Å². The molecule has 0 saturated carbocycles. The van der Waals surface area contributed by atoms with E-state index >= 15 is 0 Å². The molecular weight excluding hydrogens is 424 g/mol. The third-order valence-corrected chi connectivity index (χ3v) is 4.54. The highest BCUT2D eigenvalue weighted by Crippen LogP contribution is 2.09. The molecule has 0 aliphatic carbocycles. The predicted molar refractivity (Wildman–Crippen MR) is 124 cm³/mol. The van der Waals surface area contributed by atoms with E-state index in [1.54, 1.807) is 48.5 Å². The van der Waals surface area contributed by atoms with Crippen molar-refractivity contribution in [1.82, 2.24) is 16.1 Å². The lowest BCUT2D eigenvalue weighted by molar-refractivity contribution is -0.133. The average molecular weight is 453 g/mol. The Balaban J connectivity index is 1.96. The van der Waals surface area contributed by atoms with Crippen LogP contribution in [0.4, 0.5) is 5.69 Å². The zero-order chi connectivity index (χ0) is 24.2. The van der Waals surface area contributed by atoms with Gasteiger partial charge in [0.1, 0.15) is 6.04 Å². The quantitative estimate of drug-likeness (QED) is 0.145. The summed E-state index contributed by atoms with van der Waals surface area (Å²) in [5.74, 6) is 4.40. The van der Waals surface area contributed by atoms with Crippen LogP contribution in [-0.4, -0.2) is 53.3 Å². The number of rotatable bonds is 9. The van der Waals surface area contributed by atoms with E-state index in [4.69, 9.17) is 5.21 Å². The molecular formula is C24H28N4O5. The highest BCUT2D eigenvalue weighted by Gasteiger charge is 2.25. The molecule has 0 saturated heterocycles. The fraction of sp³-hybridized carbons (Fsp3) is 0.292. The monoisotopic (exact) mass is 452 g/mol. The van der Waals surface area contributed by atoms with E-state index < -0.39 is 24.0 Å². The van der Waals surface area contributed by atoms with E-state index in [1.165, 1.54) is 12.4 Å². The summed E-state index contributed by atoms with van der Waals surface area (Å²) in [7, 11) is 0. The summed E-state index contributed by atoms with van der Waals surface area (Å²) in [6.07, 6.45) is -0.229. The molecule has 0 heterocycles. The average Bonchev–Trinajstić information content (AvgIpc) is 2.81. The van der Waals surface area contributed by atoms with E-state index in [2.05, 4.69) is 27.8 Å². The van der Waals surface area contributed by atoms with Gasteiger partial charge >= 0.3 is 0 Å². The van der Waals surface area contributed by atoms with Crippen molar-refractivity contribution in [3.8, 4) is 11.8 Å². The molecule has 0 aromatic heterocycles. The van der Waals surface area contributed by atoms with Crippen molar-refractivity contribution in [3.63, 3.8) is 0 Å². The third kappa shape index (κ3) is 8.38. The summed E-state index contributed by atoms with van der Waals surface area (Å²) in [6, 6.07) is 12.3. The Hall–Kier alpha value is -3.71. The Labute approximate surface area is 192 Å². The molecule has 2 aromatic carbocycles. The lowest BCUT2D eigenvalue weighted by atomic mass is 10.1. The number of hydrogen-bond acceptors (Lipinski definition) is 6. The number of amides is 3. The van der Waals surface area contributed by atoms with Gasteiger partial charge in [0.2, 0.25) is 5.91 Å². The molecule has 2 unspecified atom stereocenters. The molecule has 0 spiro atoms. The third-order valence-electron chi connectivity index (χ3n) is 4.54. The van der Waals surface area contributed by atoms with Crippen LogP contribution < -0.4 is 21.4 Å². The lowest BCUT2D eigenvalue weighted by Crippen LogP contribution is -2.51. The zero-order valence-corrected chi connectivity index (χ0v) is 18.5. The van der Waals surface area contributed by atoms with Crippen LogP contribution in [0, 0.1) is 11.8 Å². The lowest BCUT2D eigenvalue weighted by Gasteiger charge is -2.19. The molecule has 0 bridgehead atoms. The van der Waals surface area contributed by atoms with Gasteiger partial charge in [-0.2, -0.15) is 0 Å². The summed E-state index contributed by atoms with van der Waals surface area (Å²) in [5.41, 5.74) is 3.80. The van der Waals surface area contributed by atoms with Crippen LogP contribution in [0.2, 0.25) is 0 Å². The van der Waals surface area contributed by atoms with Gasteiger partial charge in [-0.1, -0.05) is 18.8 Å². The van der Waals surface area contributed by atoms with Crippen LogP contribution in [0.1, 0.15) is 41.8 Å². The minimum Gasteiger partial charge on any atom is -0.391 e. The Morgan fingerprint density at radius 3 is 2.06 bits per heavy atom. The molecule has 0 aliphatic heterocycles. The van der Waals surface area contributed by atoms with Crippen molar-refractivity contribution >= 4 is 23.4 Å². The Morgan fingerprint density at radius 2 is 1.55 bits per heavy atom. The fourth-order valence-corrected chi connectivity index (χ4v) is 2.77. The molecule has 174 valence electrons. The van der Waals surface area contributed by atoms with Gasteiger partial charge in [-0.15, -0.1) is 0 Å². The van der Waals surface area contributed by atoms with E-state index in [0.717, 1.165) is 18.5 Å². The second-order valence-electron chi connectivity index (χ2n) is 7.30. The molecule has 2 aromatic rings. The summed E-state index contributed by atoms with van der Waals surface area (Å²) < 4.78 is 0. The number of carbonyl (C=O) groups excluding carboxylic acids is 3. The van der Waals surface area contributed by atoms with E-state index in [-0.39, 0.29) is 18.0 Å². The normalized spacial score (nSPS) is 12.0. The molecule has 2 rings (SSSR count). The van der Waals surface area contributed by atoms with Crippen LogP contribution in [-0.2, 0) is 9.59 Å². The number of hydroxylamine groups is 1. The van der Waals surface area contributed by atoms with Crippen LogP contribution in [0.5, 0.6) is 0 Å². The first kappa shape index (κ1) is 25.5. The molecule has 6 N–H and O–H groups in total. The first-order chi connectivity index (χ1) is 15.8. The van der Waals surface area contributed by atoms with Gasteiger partial charge in [0.25, 0.3) is 11.8 Å². The SMILES string of the molecule is CCCNCC(=O)Nc1ccc(C#Cc2ccc(C(=O)NC(C(=O)NO)C(C)O)cc2)cc1. The fourth-order valence-electron chi connectivity index (χ4n) is 2.77. The smallest absolute Gasteiger partial charge is 0.268 e. The minimum atomic E-state index is -1.29. The van der Waals surface area contributed by atoms with Crippen LogP contribution in [0.3, 0.4) is 0 Å².